The molecule has 0 saturated heterocycles. The predicted octanol–water partition coefficient (Wildman–Crippen LogP) is 4.10. The zero-order valence-corrected chi connectivity index (χ0v) is 17.7. The van der Waals surface area contributed by atoms with E-state index in [1.807, 2.05) is 33.8 Å². The first kappa shape index (κ1) is 22.4. The number of primary amides is 1. The summed E-state index contributed by atoms with van der Waals surface area (Å²) in [4.78, 5) is 36.2. The molecule has 0 aliphatic carbocycles. The van der Waals surface area contributed by atoms with Gasteiger partial charge in [0.15, 0.2) is 6.61 Å². The number of aryl methyl sites for hydroxylation is 1. The summed E-state index contributed by atoms with van der Waals surface area (Å²) < 4.78 is 5.17. The normalized spacial score (nSPS) is 11.6. The molecule has 2 aromatic carbocycles. The molecule has 0 aliphatic heterocycles. The lowest BCUT2D eigenvalue weighted by atomic mass is 9.93. The Labute approximate surface area is 175 Å². The fraction of sp³-hybridized carbons (Fsp3) is 0.318. The summed E-state index contributed by atoms with van der Waals surface area (Å²) >= 11 is 5.87. The highest BCUT2D eigenvalue weighted by atomic mass is 35.5. The first-order valence-electron chi connectivity index (χ1n) is 9.17. The van der Waals surface area contributed by atoms with Crippen molar-refractivity contribution in [1.82, 2.24) is 5.32 Å². The molecular weight excluding hydrogens is 392 g/mol. The van der Waals surface area contributed by atoms with Crippen LogP contribution in [0, 0.1) is 27.7 Å². The van der Waals surface area contributed by atoms with E-state index in [2.05, 4.69) is 5.32 Å². The summed E-state index contributed by atoms with van der Waals surface area (Å²) in [5.74, 6) is -0.891. The monoisotopic (exact) mass is 416 g/mol. The van der Waals surface area contributed by atoms with Gasteiger partial charge in [0.25, 0.3) is 0 Å². The van der Waals surface area contributed by atoms with Gasteiger partial charge in [-0.1, -0.05) is 23.7 Å². The van der Waals surface area contributed by atoms with Gasteiger partial charge in [0.2, 0.25) is 5.78 Å². The minimum absolute atomic E-state index is 0.164. The maximum absolute atomic E-state index is 12.6. The van der Waals surface area contributed by atoms with Crippen LogP contribution >= 0.6 is 11.6 Å². The predicted molar refractivity (Wildman–Crippen MR) is 112 cm³/mol. The number of nitrogens with one attached hydrogen (secondary N) is 1. The fourth-order valence-corrected chi connectivity index (χ4v) is 3.20. The quantitative estimate of drug-likeness (QED) is 0.524. The smallest absolute Gasteiger partial charge is 0.312 e. The van der Waals surface area contributed by atoms with Gasteiger partial charge < -0.3 is 15.8 Å². The summed E-state index contributed by atoms with van der Waals surface area (Å²) in [7, 11) is 0. The number of carbonyl (C=O) groups is 3. The Kier molecular flexibility index (Phi) is 7.40. The van der Waals surface area contributed by atoms with Crippen molar-refractivity contribution >= 4 is 29.4 Å². The maximum Gasteiger partial charge on any atom is 0.312 e. The van der Waals surface area contributed by atoms with Crippen molar-refractivity contribution in [2.45, 2.75) is 40.2 Å². The zero-order chi connectivity index (χ0) is 21.7. The van der Waals surface area contributed by atoms with Crippen LogP contribution in [0.4, 0.5) is 4.79 Å². The minimum atomic E-state index is -0.768. The van der Waals surface area contributed by atoms with Crippen LogP contribution in [-0.2, 0) is 9.53 Å². The van der Waals surface area contributed by atoms with E-state index in [4.69, 9.17) is 22.1 Å². The molecular formula is C22H25ClN2O4. The Morgan fingerprint density at radius 1 is 1.03 bits per heavy atom. The number of benzene rings is 2. The minimum Gasteiger partial charge on any atom is -0.457 e. The van der Waals surface area contributed by atoms with Crippen molar-refractivity contribution in [3.63, 3.8) is 0 Å². The van der Waals surface area contributed by atoms with Gasteiger partial charge in [-0.3, -0.25) is 9.59 Å². The maximum atomic E-state index is 12.6. The number of nitrogens with two attached hydrogens (primary N) is 1. The van der Waals surface area contributed by atoms with Gasteiger partial charge in [-0.2, -0.15) is 0 Å². The first-order valence-corrected chi connectivity index (χ1v) is 9.55. The molecule has 6 nitrogen and oxygen atoms in total. The van der Waals surface area contributed by atoms with Crippen molar-refractivity contribution in [1.29, 1.82) is 0 Å². The van der Waals surface area contributed by atoms with E-state index in [0.29, 0.717) is 16.1 Å². The number of hydrogen-bond acceptors (Lipinski definition) is 4. The van der Waals surface area contributed by atoms with Gasteiger partial charge in [0, 0.05) is 10.6 Å². The fourth-order valence-electron chi connectivity index (χ4n) is 3.07. The van der Waals surface area contributed by atoms with Gasteiger partial charge in [-0.25, -0.2) is 4.79 Å². The van der Waals surface area contributed by atoms with Gasteiger partial charge in [-0.05, 0) is 73.7 Å². The highest BCUT2D eigenvalue weighted by Crippen LogP contribution is 2.22. The number of urea groups is 1. The molecule has 0 aromatic heterocycles. The molecule has 154 valence electrons. The molecule has 2 rings (SSSR count). The lowest BCUT2D eigenvalue weighted by Crippen LogP contribution is -2.34. The van der Waals surface area contributed by atoms with Crippen molar-refractivity contribution in [3.8, 4) is 0 Å². The van der Waals surface area contributed by atoms with Gasteiger partial charge in [-0.15, -0.1) is 0 Å². The van der Waals surface area contributed by atoms with Crippen LogP contribution in [0.25, 0.3) is 0 Å². The third kappa shape index (κ3) is 5.81. The largest absolute Gasteiger partial charge is 0.457 e. The number of hydrogen-bond donors (Lipinski definition) is 2. The molecule has 7 heteroatoms. The zero-order valence-electron chi connectivity index (χ0n) is 17.0. The number of ether oxygens (including phenoxy) is 1. The molecule has 1 atom stereocenters. The summed E-state index contributed by atoms with van der Waals surface area (Å²) in [6.07, 6.45) is -0.164. The Hall–Kier alpha value is -2.86. The standard InChI is InChI=1S/C22H25ClN2O4/c1-12-9-18(15(4)14(3)13(12)2)20(26)11-29-21(27)10-19(25-22(24)28)16-5-7-17(23)8-6-16/h5-9,19H,10-11H2,1-4H3,(H3,24,25,28)/t19-/m1/s1. The number of Topliss-reactive ketones (excluding diaryl/α,β-unsaturated/α-hetero) is 1. The molecule has 0 radical (unpaired) electrons. The third-order valence-corrected chi connectivity index (χ3v) is 5.36. The van der Waals surface area contributed by atoms with E-state index < -0.39 is 18.0 Å². The molecule has 29 heavy (non-hydrogen) atoms. The van der Waals surface area contributed by atoms with Crippen LogP contribution in [0.5, 0.6) is 0 Å². The number of halogens is 1. The van der Waals surface area contributed by atoms with Crippen molar-refractivity contribution in [3.05, 3.63) is 68.7 Å². The molecule has 0 aliphatic rings. The number of ketones is 1. The van der Waals surface area contributed by atoms with Crippen molar-refractivity contribution < 1.29 is 19.1 Å². The van der Waals surface area contributed by atoms with E-state index in [-0.39, 0.29) is 18.8 Å². The Balaban J connectivity index is 2.06. The molecule has 0 fully saturated rings. The first-order chi connectivity index (χ1) is 13.6. The van der Waals surface area contributed by atoms with Crippen molar-refractivity contribution in [2.24, 2.45) is 5.73 Å². The van der Waals surface area contributed by atoms with Crippen LogP contribution in [0.15, 0.2) is 30.3 Å². The number of amides is 2. The van der Waals surface area contributed by atoms with Crippen LogP contribution < -0.4 is 11.1 Å². The van der Waals surface area contributed by atoms with Crippen LogP contribution in [0.1, 0.15) is 50.6 Å². The lowest BCUT2D eigenvalue weighted by molar-refractivity contribution is -0.143. The van der Waals surface area contributed by atoms with Crippen LogP contribution in [0.3, 0.4) is 0 Å². The van der Waals surface area contributed by atoms with E-state index in [9.17, 15) is 14.4 Å². The average molecular weight is 417 g/mol. The third-order valence-electron chi connectivity index (χ3n) is 5.11. The Morgan fingerprint density at radius 3 is 2.24 bits per heavy atom. The molecule has 3 N–H and O–H groups in total. The van der Waals surface area contributed by atoms with Crippen molar-refractivity contribution in [2.75, 3.05) is 6.61 Å². The number of carbonyl (C=O) groups excluding carboxylic acids is 3. The van der Waals surface area contributed by atoms with Crippen LogP contribution in [-0.4, -0.2) is 24.4 Å². The molecule has 2 amide bonds. The van der Waals surface area contributed by atoms with E-state index in [1.165, 1.54) is 0 Å². The highest BCUT2D eigenvalue weighted by molar-refractivity contribution is 6.30. The number of rotatable bonds is 7. The number of esters is 1. The molecule has 2 aromatic rings. The van der Waals surface area contributed by atoms with Gasteiger partial charge in [0.05, 0.1) is 12.5 Å². The molecule has 0 bridgehead atoms. The van der Waals surface area contributed by atoms with E-state index >= 15 is 0 Å². The SMILES string of the molecule is Cc1cc(C(=O)COC(=O)C[C@@H](NC(N)=O)c2ccc(Cl)cc2)c(C)c(C)c1C. The molecule has 0 saturated carbocycles. The molecule has 0 heterocycles. The lowest BCUT2D eigenvalue weighted by Gasteiger charge is -2.18. The average Bonchev–Trinajstić information content (AvgIpc) is 2.67. The summed E-state index contributed by atoms with van der Waals surface area (Å²) in [6, 6.07) is 7.02. The summed E-state index contributed by atoms with van der Waals surface area (Å²) in [5, 5.41) is 3.03. The molecule has 0 unspecified atom stereocenters. The second-order valence-electron chi connectivity index (χ2n) is 7.02. The Bertz CT molecular complexity index is 939. The topological polar surface area (TPSA) is 98.5 Å². The second-order valence-corrected chi connectivity index (χ2v) is 7.45. The van der Waals surface area contributed by atoms with Crippen LogP contribution in [0.2, 0.25) is 5.02 Å². The molecule has 0 spiro atoms. The highest BCUT2D eigenvalue weighted by Gasteiger charge is 2.20. The van der Waals surface area contributed by atoms with Gasteiger partial charge in [0.1, 0.15) is 0 Å². The van der Waals surface area contributed by atoms with Gasteiger partial charge >= 0.3 is 12.0 Å². The summed E-state index contributed by atoms with van der Waals surface area (Å²) in [5.41, 5.74) is 10.5. The van der Waals surface area contributed by atoms with E-state index in [0.717, 1.165) is 22.3 Å². The Morgan fingerprint density at radius 2 is 1.66 bits per heavy atom. The van der Waals surface area contributed by atoms with E-state index in [1.54, 1.807) is 24.3 Å². The second kappa shape index (κ2) is 9.56. The summed E-state index contributed by atoms with van der Waals surface area (Å²) in [6.45, 7) is 7.42.